The van der Waals surface area contributed by atoms with Crippen molar-refractivity contribution in [2.75, 3.05) is 40.9 Å². The molecule has 0 bridgehead atoms. The Morgan fingerprint density at radius 2 is 1.93 bits per heavy atom. The summed E-state index contributed by atoms with van der Waals surface area (Å²) in [5.41, 5.74) is 2.24. The van der Waals surface area contributed by atoms with Crippen molar-refractivity contribution in [2.45, 2.75) is 25.8 Å². The highest BCUT2D eigenvalue weighted by Crippen LogP contribution is 2.28. The molecule has 162 valence electrons. The molecular formula is C24H31ClN2O3. The van der Waals surface area contributed by atoms with Crippen LogP contribution < -0.4 is 9.47 Å². The first-order valence-electron chi connectivity index (χ1n) is 10.4. The minimum Gasteiger partial charge on any atom is -0.493 e. The Labute approximate surface area is 184 Å². The third kappa shape index (κ3) is 5.67. The van der Waals surface area contributed by atoms with Crippen LogP contribution in [0.15, 0.2) is 42.5 Å². The zero-order valence-electron chi connectivity index (χ0n) is 18.1. The molecule has 0 aromatic heterocycles. The van der Waals surface area contributed by atoms with Crippen molar-refractivity contribution in [3.63, 3.8) is 0 Å². The summed E-state index contributed by atoms with van der Waals surface area (Å²) in [4.78, 5) is 17.2. The second-order valence-electron chi connectivity index (χ2n) is 7.86. The Hall–Kier alpha value is -2.24. The average Bonchev–Trinajstić information content (AvgIpc) is 2.78. The van der Waals surface area contributed by atoms with Crippen LogP contribution in [0.25, 0.3) is 0 Å². The summed E-state index contributed by atoms with van der Waals surface area (Å²) in [6.45, 7) is 3.25. The van der Waals surface area contributed by atoms with Gasteiger partial charge in [-0.15, -0.1) is 0 Å². The Kier molecular flexibility index (Phi) is 8.00. The van der Waals surface area contributed by atoms with E-state index in [4.69, 9.17) is 21.1 Å². The molecule has 1 fully saturated rings. The lowest BCUT2D eigenvalue weighted by molar-refractivity contribution is -0.136. The van der Waals surface area contributed by atoms with E-state index in [0.29, 0.717) is 18.0 Å². The lowest BCUT2D eigenvalue weighted by atomic mass is 9.96. The van der Waals surface area contributed by atoms with E-state index in [0.717, 1.165) is 55.0 Å². The molecule has 1 heterocycles. The molecule has 1 atom stereocenters. The average molecular weight is 431 g/mol. The second kappa shape index (κ2) is 10.7. The molecule has 6 heteroatoms. The highest BCUT2D eigenvalue weighted by Gasteiger charge is 2.28. The zero-order valence-corrected chi connectivity index (χ0v) is 18.8. The predicted octanol–water partition coefficient (Wildman–Crippen LogP) is 4.27. The van der Waals surface area contributed by atoms with Gasteiger partial charge in [0.1, 0.15) is 0 Å². The van der Waals surface area contributed by atoms with Crippen molar-refractivity contribution in [3.05, 3.63) is 58.6 Å². The zero-order chi connectivity index (χ0) is 21.5. The maximum Gasteiger partial charge on any atom is 0.226 e. The van der Waals surface area contributed by atoms with Crippen molar-refractivity contribution in [1.82, 2.24) is 9.80 Å². The fourth-order valence-corrected chi connectivity index (χ4v) is 4.22. The highest BCUT2D eigenvalue weighted by molar-refractivity contribution is 6.31. The summed E-state index contributed by atoms with van der Waals surface area (Å²) in [6.07, 6.45) is 2.75. The molecule has 5 nitrogen and oxygen atoms in total. The van der Waals surface area contributed by atoms with E-state index in [1.807, 2.05) is 48.3 Å². The van der Waals surface area contributed by atoms with Gasteiger partial charge in [0.05, 0.1) is 20.1 Å². The Morgan fingerprint density at radius 1 is 1.17 bits per heavy atom. The first-order valence-corrected chi connectivity index (χ1v) is 10.8. The topological polar surface area (TPSA) is 42.0 Å². The molecule has 0 spiro atoms. The van der Waals surface area contributed by atoms with Gasteiger partial charge in [0.15, 0.2) is 11.5 Å². The van der Waals surface area contributed by atoms with Crippen molar-refractivity contribution in [1.29, 1.82) is 0 Å². The van der Waals surface area contributed by atoms with Crippen molar-refractivity contribution in [3.8, 4) is 11.5 Å². The van der Waals surface area contributed by atoms with E-state index in [-0.39, 0.29) is 11.8 Å². The van der Waals surface area contributed by atoms with E-state index in [1.165, 1.54) is 0 Å². The molecule has 0 saturated carbocycles. The van der Waals surface area contributed by atoms with Crippen molar-refractivity contribution in [2.24, 2.45) is 5.92 Å². The summed E-state index contributed by atoms with van der Waals surface area (Å²) in [5, 5.41) is 0.790. The minimum absolute atomic E-state index is 0.0386. The monoisotopic (exact) mass is 430 g/mol. The van der Waals surface area contributed by atoms with Gasteiger partial charge in [0, 0.05) is 31.7 Å². The van der Waals surface area contributed by atoms with Gasteiger partial charge in [0.25, 0.3) is 0 Å². The molecule has 1 aliphatic rings. The van der Waals surface area contributed by atoms with Crippen LogP contribution in [0, 0.1) is 5.92 Å². The fraction of sp³-hybridized carbons (Fsp3) is 0.458. The number of benzene rings is 2. The third-order valence-corrected chi connectivity index (χ3v) is 6.14. The normalized spacial score (nSPS) is 16.9. The molecule has 2 aromatic rings. The van der Waals surface area contributed by atoms with Crippen LogP contribution in [0.4, 0.5) is 0 Å². The first-order chi connectivity index (χ1) is 14.5. The van der Waals surface area contributed by atoms with Gasteiger partial charge in [0.2, 0.25) is 5.91 Å². The van der Waals surface area contributed by atoms with E-state index in [2.05, 4.69) is 11.0 Å². The van der Waals surface area contributed by atoms with Gasteiger partial charge >= 0.3 is 0 Å². The third-order valence-electron chi connectivity index (χ3n) is 5.77. The standard InChI is InChI=1S/C24H31ClN2O3/c1-26(14-12-18-10-11-22(29-2)23(15-18)30-3)24(28)20-8-6-13-27(17-20)16-19-7-4-5-9-21(19)25/h4-5,7,9-11,15,20H,6,8,12-14,16-17H2,1-3H3/t20-/m0/s1. The number of likely N-dealkylation sites (tertiary alicyclic amines) is 1. The number of nitrogens with zero attached hydrogens (tertiary/aromatic N) is 2. The number of carbonyl (C=O) groups excluding carboxylic acids is 1. The number of amides is 1. The van der Waals surface area contributed by atoms with E-state index < -0.39 is 0 Å². The molecule has 0 unspecified atom stereocenters. The van der Waals surface area contributed by atoms with Gasteiger partial charge in [-0.1, -0.05) is 35.9 Å². The molecule has 3 rings (SSSR count). The van der Waals surface area contributed by atoms with Crippen LogP contribution in [0.1, 0.15) is 24.0 Å². The lowest BCUT2D eigenvalue weighted by Gasteiger charge is -2.34. The van der Waals surface area contributed by atoms with Crippen LogP contribution in [-0.4, -0.2) is 56.6 Å². The molecule has 1 saturated heterocycles. The predicted molar refractivity (Wildman–Crippen MR) is 120 cm³/mol. The Balaban J connectivity index is 1.54. The van der Waals surface area contributed by atoms with Crippen LogP contribution in [0.5, 0.6) is 11.5 Å². The lowest BCUT2D eigenvalue weighted by Crippen LogP contribution is -2.43. The molecule has 2 aromatic carbocycles. The fourth-order valence-electron chi connectivity index (χ4n) is 4.02. The number of hydrogen-bond donors (Lipinski definition) is 0. The maximum atomic E-state index is 13.0. The second-order valence-corrected chi connectivity index (χ2v) is 8.27. The molecule has 0 N–H and O–H groups in total. The molecule has 0 aliphatic carbocycles. The SMILES string of the molecule is COc1ccc(CCN(C)C(=O)[C@H]2CCCN(Cc3ccccc3Cl)C2)cc1OC. The summed E-state index contributed by atoms with van der Waals surface area (Å²) in [5.74, 6) is 1.69. The number of hydrogen-bond acceptors (Lipinski definition) is 4. The van der Waals surface area contributed by atoms with Crippen molar-refractivity contribution >= 4 is 17.5 Å². The number of methoxy groups -OCH3 is 2. The molecule has 1 amide bonds. The molecule has 0 radical (unpaired) electrons. The van der Waals surface area contributed by atoms with E-state index >= 15 is 0 Å². The Bertz CT molecular complexity index is 858. The molecule has 30 heavy (non-hydrogen) atoms. The van der Waals surface area contributed by atoms with Crippen LogP contribution in [0.3, 0.4) is 0 Å². The van der Waals surface area contributed by atoms with Crippen LogP contribution in [-0.2, 0) is 17.8 Å². The van der Waals surface area contributed by atoms with Gasteiger partial charge in [-0.25, -0.2) is 0 Å². The Morgan fingerprint density at radius 3 is 2.67 bits per heavy atom. The summed E-state index contributed by atoms with van der Waals surface area (Å²) < 4.78 is 10.7. The molecular weight excluding hydrogens is 400 g/mol. The van der Waals surface area contributed by atoms with E-state index in [1.54, 1.807) is 14.2 Å². The van der Waals surface area contributed by atoms with Crippen LogP contribution in [0.2, 0.25) is 5.02 Å². The van der Waals surface area contributed by atoms with Crippen molar-refractivity contribution < 1.29 is 14.3 Å². The van der Waals surface area contributed by atoms with Gasteiger partial charge in [-0.3, -0.25) is 9.69 Å². The highest BCUT2D eigenvalue weighted by atomic mass is 35.5. The number of ether oxygens (including phenoxy) is 2. The smallest absolute Gasteiger partial charge is 0.226 e. The first kappa shape index (κ1) is 22.4. The largest absolute Gasteiger partial charge is 0.493 e. The maximum absolute atomic E-state index is 13.0. The number of carbonyl (C=O) groups is 1. The van der Waals surface area contributed by atoms with Gasteiger partial charge < -0.3 is 14.4 Å². The summed E-state index contributed by atoms with van der Waals surface area (Å²) in [6, 6.07) is 13.8. The number of halogens is 1. The number of rotatable bonds is 8. The quantitative estimate of drug-likeness (QED) is 0.627. The number of likely N-dealkylation sites (N-methyl/N-ethyl adjacent to an activating group) is 1. The summed E-state index contributed by atoms with van der Waals surface area (Å²) >= 11 is 6.31. The van der Waals surface area contributed by atoms with Gasteiger partial charge in [-0.2, -0.15) is 0 Å². The molecule has 1 aliphatic heterocycles. The minimum atomic E-state index is 0.0386. The van der Waals surface area contributed by atoms with E-state index in [9.17, 15) is 4.79 Å². The van der Waals surface area contributed by atoms with Crippen LogP contribution >= 0.6 is 11.6 Å². The van der Waals surface area contributed by atoms with Gasteiger partial charge in [-0.05, 0) is 55.1 Å². The summed E-state index contributed by atoms with van der Waals surface area (Å²) in [7, 11) is 5.16. The number of piperidine rings is 1.